The van der Waals surface area contributed by atoms with Crippen molar-refractivity contribution < 1.29 is 9.59 Å². The average Bonchev–Trinajstić information content (AvgIpc) is 3.23. The van der Waals surface area contributed by atoms with Crippen molar-refractivity contribution in [3.8, 4) is 0 Å². The molecule has 1 aromatic carbocycles. The minimum Gasteiger partial charge on any atom is -0.358 e. The number of halogens is 1. The zero-order chi connectivity index (χ0) is 28.0. The normalized spacial score (nSPS) is 26.0. The molecule has 17 nitrogen and oxygen atoms in total. The van der Waals surface area contributed by atoms with E-state index in [0.717, 1.165) is 5.56 Å². The van der Waals surface area contributed by atoms with Crippen molar-refractivity contribution in [2.75, 3.05) is 19.6 Å². The van der Waals surface area contributed by atoms with Gasteiger partial charge in [0, 0.05) is 31.6 Å². The van der Waals surface area contributed by atoms with Crippen LogP contribution in [-0.4, -0.2) is 71.4 Å². The fraction of sp³-hybridized carbons (Fsp3) is 0.524. The highest BCUT2D eigenvalue weighted by molar-refractivity contribution is 6.29. The number of hydrogen-bond donors (Lipinski definition) is 8. The monoisotopic (exact) mass is 561 g/mol. The van der Waals surface area contributed by atoms with E-state index in [-0.39, 0.29) is 16.9 Å². The van der Waals surface area contributed by atoms with Gasteiger partial charge in [0.25, 0.3) is 0 Å². The number of benzene rings is 1. The predicted molar refractivity (Wildman–Crippen MR) is 138 cm³/mol. The van der Waals surface area contributed by atoms with E-state index in [9.17, 15) is 9.59 Å². The molecule has 0 aromatic heterocycles. The third kappa shape index (κ3) is 6.39. The molecule has 210 valence electrons. The molecule has 4 rings (SSSR count). The van der Waals surface area contributed by atoms with Gasteiger partial charge in [0.2, 0.25) is 11.8 Å². The highest BCUT2D eigenvalue weighted by Gasteiger charge is 2.47. The number of nitrogens with one attached hydrogen (secondary N) is 5. The summed E-state index contributed by atoms with van der Waals surface area (Å²) < 4.78 is 0. The van der Waals surface area contributed by atoms with Crippen molar-refractivity contribution in [2.24, 2.45) is 43.3 Å². The van der Waals surface area contributed by atoms with Crippen LogP contribution >= 0.6 is 11.6 Å². The molecule has 2 amide bonds. The Balaban J connectivity index is 1.34. The minimum absolute atomic E-state index is 0.00954. The minimum atomic E-state index is -0.997. The Hall–Kier alpha value is -3.93. The molecule has 3 heterocycles. The van der Waals surface area contributed by atoms with E-state index in [4.69, 9.17) is 34.7 Å². The van der Waals surface area contributed by atoms with Crippen LogP contribution in [0.2, 0.25) is 0 Å². The molecule has 3 aliphatic heterocycles. The first kappa shape index (κ1) is 28.1. The summed E-state index contributed by atoms with van der Waals surface area (Å²) in [4.78, 5) is 28.0. The predicted octanol–water partition coefficient (Wildman–Crippen LogP) is -0.927. The van der Waals surface area contributed by atoms with Crippen molar-refractivity contribution in [1.82, 2.24) is 31.2 Å². The van der Waals surface area contributed by atoms with Crippen LogP contribution < -0.4 is 38.8 Å². The van der Waals surface area contributed by atoms with Gasteiger partial charge in [0.1, 0.15) is 17.5 Å². The number of likely N-dealkylation sites (tertiary alicyclic amines) is 1. The second-order valence-corrected chi connectivity index (χ2v) is 9.87. The number of carbonyl (C=O) groups excluding carboxylic acids is 2. The summed E-state index contributed by atoms with van der Waals surface area (Å²) in [5.74, 6) is 16.0. The van der Waals surface area contributed by atoms with E-state index in [1.54, 1.807) is 4.90 Å². The Kier molecular flexibility index (Phi) is 8.85. The largest absolute Gasteiger partial charge is 0.358 e. The van der Waals surface area contributed by atoms with E-state index in [1.807, 2.05) is 30.3 Å². The van der Waals surface area contributed by atoms with E-state index in [1.165, 1.54) is 5.01 Å². The van der Waals surface area contributed by atoms with Gasteiger partial charge in [-0.15, -0.1) is 10.2 Å². The Bertz CT molecular complexity index is 1140. The van der Waals surface area contributed by atoms with Gasteiger partial charge in [-0.3, -0.25) is 20.7 Å². The van der Waals surface area contributed by atoms with Crippen molar-refractivity contribution in [3.05, 3.63) is 46.9 Å². The number of hydrazine groups is 1. The molecule has 2 fully saturated rings. The zero-order valence-electron chi connectivity index (χ0n) is 21.0. The van der Waals surface area contributed by atoms with E-state index in [0.29, 0.717) is 38.9 Å². The van der Waals surface area contributed by atoms with Gasteiger partial charge in [0.05, 0.1) is 0 Å². The lowest BCUT2D eigenvalue weighted by Gasteiger charge is -2.40. The van der Waals surface area contributed by atoms with Crippen LogP contribution in [0.3, 0.4) is 0 Å². The second kappa shape index (κ2) is 12.3. The number of nitrogens with two attached hydrogens (primary N) is 3. The smallest absolute Gasteiger partial charge is 0.249 e. The van der Waals surface area contributed by atoms with E-state index >= 15 is 0 Å². The topological polar surface area (TPSA) is 252 Å². The Morgan fingerprint density at radius 1 is 1.18 bits per heavy atom. The highest BCUT2D eigenvalue weighted by atomic mass is 35.5. The summed E-state index contributed by atoms with van der Waals surface area (Å²) in [5.41, 5.74) is 8.08. The van der Waals surface area contributed by atoms with E-state index < -0.39 is 36.0 Å². The maximum absolute atomic E-state index is 13.1. The number of hydrogen-bond acceptors (Lipinski definition) is 13. The lowest BCUT2D eigenvalue weighted by Crippen LogP contribution is -2.63. The molecule has 1 aromatic rings. The molecule has 4 atom stereocenters. The molecule has 11 N–H and O–H groups in total. The number of nitrogens with zero attached hydrogens (tertiary/aromatic N) is 7. The second-order valence-electron chi connectivity index (χ2n) is 9.49. The highest BCUT2D eigenvalue weighted by Crippen LogP contribution is 2.29. The summed E-state index contributed by atoms with van der Waals surface area (Å²) in [6, 6.07) is 7.75. The summed E-state index contributed by atoms with van der Waals surface area (Å²) >= 11 is 6.16. The lowest BCUT2D eigenvalue weighted by atomic mass is 9.88. The molecule has 0 saturated carbocycles. The van der Waals surface area contributed by atoms with Crippen LogP contribution in [-0.2, 0) is 16.0 Å². The third-order valence-corrected chi connectivity index (χ3v) is 7.29. The Morgan fingerprint density at radius 3 is 2.54 bits per heavy atom. The van der Waals surface area contributed by atoms with Crippen LogP contribution in [0.5, 0.6) is 0 Å². The standard InChI is InChI=1S/C21H32ClN15O2/c22-15-17(33-35-25)28-16(32-34-24)14(27-15)18(38)29-20-30-21(11-37(20)26)6-8-36(9-7-21)19(39)13(31-23)10-12-4-2-1-3-5-12/h1-5,13-14,16,20,23,27-28,30H,6-11,26H2,(H2,24,32)(H2,25,33)(H,29,38)/t13-,14?,16?,20?/m0/s1. The van der Waals surface area contributed by atoms with Crippen molar-refractivity contribution in [3.63, 3.8) is 0 Å². The number of carbonyl (C=O) groups is 2. The first-order valence-electron chi connectivity index (χ1n) is 12.2. The molecule has 3 aliphatic rings. The van der Waals surface area contributed by atoms with Gasteiger partial charge in [-0.05, 0) is 18.4 Å². The molecular formula is C21H32ClN15O2. The van der Waals surface area contributed by atoms with Gasteiger partial charge in [-0.1, -0.05) is 52.4 Å². The number of rotatable bonds is 8. The Morgan fingerprint density at radius 2 is 1.90 bits per heavy atom. The van der Waals surface area contributed by atoms with Gasteiger partial charge < -0.3 is 32.5 Å². The summed E-state index contributed by atoms with van der Waals surface area (Å²) in [5, 5.41) is 30.8. The van der Waals surface area contributed by atoms with Crippen LogP contribution in [0.25, 0.3) is 0 Å². The van der Waals surface area contributed by atoms with Crippen molar-refractivity contribution >= 4 is 23.4 Å². The van der Waals surface area contributed by atoms with Gasteiger partial charge in [0.15, 0.2) is 18.0 Å². The molecule has 0 radical (unpaired) electrons. The maximum Gasteiger partial charge on any atom is 0.249 e. The van der Waals surface area contributed by atoms with Crippen LogP contribution in [0, 0.1) is 5.53 Å². The number of amides is 2. The molecule has 18 heteroatoms. The summed E-state index contributed by atoms with van der Waals surface area (Å²) in [7, 11) is 0. The van der Waals surface area contributed by atoms with Gasteiger partial charge in [-0.25, -0.2) is 10.5 Å². The molecule has 2 saturated heterocycles. The fourth-order valence-electron chi connectivity index (χ4n) is 4.97. The fourth-order valence-corrected chi connectivity index (χ4v) is 5.18. The van der Waals surface area contributed by atoms with Crippen molar-refractivity contribution in [1.29, 1.82) is 5.53 Å². The van der Waals surface area contributed by atoms with Gasteiger partial charge >= 0.3 is 0 Å². The molecular weight excluding hydrogens is 530 g/mol. The zero-order valence-corrected chi connectivity index (χ0v) is 21.8. The molecule has 0 bridgehead atoms. The van der Waals surface area contributed by atoms with Crippen LogP contribution in [0.15, 0.2) is 67.1 Å². The summed E-state index contributed by atoms with van der Waals surface area (Å²) in [6.45, 7) is 1.38. The maximum atomic E-state index is 13.1. The molecule has 3 unspecified atom stereocenters. The number of piperidine rings is 1. The molecule has 0 aliphatic carbocycles. The summed E-state index contributed by atoms with van der Waals surface area (Å²) in [6.07, 6.45) is -0.0638. The average molecular weight is 562 g/mol. The van der Waals surface area contributed by atoms with E-state index in [2.05, 4.69) is 47.1 Å². The third-order valence-electron chi connectivity index (χ3n) is 7.01. The quantitative estimate of drug-likeness (QED) is 0.0843. The van der Waals surface area contributed by atoms with Gasteiger partial charge in [-0.2, -0.15) is 5.11 Å². The SMILES string of the molecule is N=N[C@@H](Cc1ccccc1)C(=O)N1CCC2(CC1)CN(N)C(NC(=O)C1NC(Cl)=C(N=NN)NC1N=NN)N2. The van der Waals surface area contributed by atoms with Crippen molar-refractivity contribution in [2.45, 2.75) is 49.3 Å². The van der Waals surface area contributed by atoms with Crippen LogP contribution in [0.1, 0.15) is 18.4 Å². The molecule has 39 heavy (non-hydrogen) atoms. The Labute approximate surface area is 229 Å². The molecule has 1 spiro atoms. The lowest BCUT2D eigenvalue weighted by molar-refractivity contribution is -0.134. The first-order valence-corrected chi connectivity index (χ1v) is 12.6. The first-order chi connectivity index (χ1) is 18.8. The van der Waals surface area contributed by atoms with Crippen LogP contribution in [0.4, 0.5) is 0 Å².